The standard InChI is InChI=1S/C18H24N2O3/c1-14(21)20-18(12-6-4-3-5-7-13-18)23-17(19-20)15-8-10-16(22-2)11-9-15/h8-11H,3-7,12-13H2,1-2H3. The summed E-state index contributed by atoms with van der Waals surface area (Å²) in [6.07, 6.45) is 7.46. The molecule has 1 aromatic carbocycles. The van der Waals surface area contributed by atoms with Crippen molar-refractivity contribution in [2.45, 2.75) is 57.6 Å². The van der Waals surface area contributed by atoms with Crippen molar-refractivity contribution in [1.29, 1.82) is 0 Å². The van der Waals surface area contributed by atoms with Crippen LogP contribution in [-0.2, 0) is 9.53 Å². The second-order valence-electron chi connectivity index (χ2n) is 6.28. The molecule has 5 nitrogen and oxygen atoms in total. The molecule has 0 radical (unpaired) electrons. The Hall–Kier alpha value is -2.04. The van der Waals surface area contributed by atoms with E-state index < -0.39 is 5.72 Å². The van der Waals surface area contributed by atoms with Crippen molar-refractivity contribution in [2.75, 3.05) is 7.11 Å². The number of methoxy groups -OCH3 is 1. The first-order chi connectivity index (χ1) is 11.1. The zero-order valence-electron chi connectivity index (χ0n) is 13.9. The summed E-state index contributed by atoms with van der Waals surface area (Å²) < 4.78 is 11.5. The fourth-order valence-corrected chi connectivity index (χ4v) is 3.40. The van der Waals surface area contributed by atoms with E-state index in [1.165, 1.54) is 19.3 Å². The molecule has 1 aromatic rings. The summed E-state index contributed by atoms with van der Waals surface area (Å²) in [5.74, 6) is 1.26. The molecule has 0 N–H and O–H groups in total. The van der Waals surface area contributed by atoms with Gasteiger partial charge in [0.2, 0.25) is 17.5 Å². The number of ether oxygens (including phenoxy) is 2. The Labute approximate surface area is 137 Å². The van der Waals surface area contributed by atoms with E-state index in [0.29, 0.717) is 5.90 Å². The van der Waals surface area contributed by atoms with E-state index >= 15 is 0 Å². The van der Waals surface area contributed by atoms with Gasteiger partial charge in [-0.2, -0.15) is 5.01 Å². The number of rotatable bonds is 2. The van der Waals surface area contributed by atoms with E-state index in [0.717, 1.165) is 37.0 Å². The van der Waals surface area contributed by atoms with Crippen LogP contribution in [0.3, 0.4) is 0 Å². The summed E-state index contributed by atoms with van der Waals surface area (Å²) in [6.45, 7) is 1.56. The van der Waals surface area contributed by atoms with Gasteiger partial charge in [0.15, 0.2) is 0 Å². The monoisotopic (exact) mass is 316 g/mol. The van der Waals surface area contributed by atoms with Crippen LogP contribution in [0, 0.1) is 0 Å². The van der Waals surface area contributed by atoms with Crippen molar-refractivity contribution in [3.63, 3.8) is 0 Å². The first-order valence-corrected chi connectivity index (χ1v) is 8.37. The summed E-state index contributed by atoms with van der Waals surface area (Å²) >= 11 is 0. The van der Waals surface area contributed by atoms with Crippen molar-refractivity contribution in [1.82, 2.24) is 5.01 Å². The summed E-state index contributed by atoms with van der Waals surface area (Å²) in [6, 6.07) is 7.58. The van der Waals surface area contributed by atoms with Gasteiger partial charge in [0.05, 0.1) is 7.11 Å². The molecule has 0 saturated heterocycles. The number of hydrogen-bond donors (Lipinski definition) is 0. The van der Waals surface area contributed by atoms with Gasteiger partial charge >= 0.3 is 0 Å². The van der Waals surface area contributed by atoms with Crippen LogP contribution in [0.1, 0.15) is 57.4 Å². The molecular formula is C18H24N2O3. The summed E-state index contributed by atoms with van der Waals surface area (Å²) in [4.78, 5) is 12.1. The Bertz CT molecular complexity index is 587. The van der Waals surface area contributed by atoms with E-state index in [2.05, 4.69) is 5.10 Å². The third-order valence-corrected chi connectivity index (χ3v) is 4.63. The Morgan fingerprint density at radius 1 is 1.13 bits per heavy atom. The maximum Gasteiger partial charge on any atom is 0.243 e. The third-order valence-electron chi connectivity index (χ3n) is 4.63. The van der Waals surface area contributed by atoms with Crippen molar-refractivity contribution in [3.8, 4) is 5.75 Å². The molecule has 1 aliphatic heterocycles. The fraction of sp³-hybridized carbons (Fsp3) is 0.556. The molecule has 1 amide bonds. The number of carbonyl (C=O) groups is 1. The quantitative estimate of drug-likeness (QED) is 0.836. The van der Waals surface area contributed by atoms with Crippen LogP contribution in [0.4, 0.5) is 0 Å². The van der Waals surface area contributed by atoms with Crippen LogP contribution in [0.2, 0.25) is 0 Å². The molecule has 2 aliphatic rings. The zero-order valence-corrected chi connectivity index (χ0v) is 13.9. The maximum absolute atomic E-state index is 12.1. The first-order valence-electron chi connectivity index (χ1n) is 8.37. The second kappa shape index (κ2) is 6.60. The highest BCUT2D eigenvalue weighted by Crippen LogP contribution is 2.38. The Morgan fingerprint density at radius 3 is 2.30 bits per heavy atom. The van der Waals surface area contributed by atoms with Crippen molar-refractivity contribution >= 4 is 11.8 Å². The highest BCUT2D eigenvalue weighted by Gasteiger charge is 2.46. The van der Waals surface area contributed by atoms with E-state index in [4.69, 9.17) is 9.47 Å². The summed E-state index contributed by atoms with van der Waals surface area (Å²) in [5.41, 5.74) is 0.276. The molecule has 0 aromatic heterocycles. The Morgan fingerprint density at radius 2 is 1.74 bits per heavy atom. The molecule has 0 atom stereocenters. The maximum atomic E-state index is 12.1. The molecule has 1 spiro atoms. The topological polar surface area (TPSA) is 51.1 Å². The highest BCUT2D eigenvalue weighted by atomic mass is 16.6. The average Bonchev–Trinajstić information content (AvgIpc) is 2.92. The molecule has 1 heterocycles. The molecule has 124 valence electrons. The minimum absolute atomic E-state index is 0.0610. The number of carbonyl (C=O) groups excluding carboxylic acids is 1. The molecule has 5 heteroatoms. The minimum atomic E-state index is -0.596. The summed E-state index contributed by atoms with van der Waals surface area (Å²) in [5, 5.41) is 6.07. The van der Waals surface area contributed by atoms with E-state index in [1.807, 2.05) is 24.3 Å². The van der Waals surface area contributed by atoms with E-state index in [1.54, 1.807) is 19.0 Å². The van der Waals surface area contributed by atoms with Gasteiger partial charge in [-0.1, -0.05) is 19.3 Å². The predicted octanol–water partition coefficient (Wildman–Crippen LogP) is 3.68. The smallest absolute Gasteiger partial charge is 0.243 e. The van der Waals surface area contributed by atoms with Crippen LogP contribution in [-0.4, -0.2) is 29.6 Å². The van der Waals surface area contributed by atoms with Gasteiger partial charge in [0.1, 0.15) is 5.75 Å². The molecule has 1 aliphatic carbocycles. The summed E-state index contributed by atoms with van der Waals surface area (Å²) in [7, 11) is 1.64. The van der Waals surface area contributed by atoms with Gasteiger partial charge in [0.25, 0.3) is 0 Å². The van der Waals surface area contributed by atoms with Crippen LogP contribution in [0.5, 0.6) is 5.75 Å². The molecule has 0 bridgehead atoms. The molecule has 23 heavy (non-hydrogen) atoms. The normalized spacial score (nSPS) is 20.4. The van der Waals surface area contributed by atoms with Gasteiger partial charge in [-0.05, 0) is 37.1 Å². The number of nitrogens with zero attached hydrogens (tertiary/aromatic N) is 2. The van der Waals surface area contributed by atoms with Crippen molar-refractivity contribution < 1.29 is 14.3 Å². The van der Waals surface area contributed by atoms with Gasteiger partial charge in [-0.15, -0.1) is 5.10 Å². The lowest BCUT2D eigenvalue weighted by atomic mass is 9.93. The van der Waals surface area contributed by atoms with E-state index in [9.17, 15) is 4.79 Å². The third kappa shape index (κ3) is 3.19. The number of amides is 1. The van der Waals surface area contributed by atoms with Crippen LogP contribution < -0.4 is 4.74 Å². The predicted molar refractivity (Wildman–Crippen MR) is 88.2 cm³/mol. The highest BCUT2D eigenvalue weighted by molar-refractivity contribution is 5.96. The lowest BCUT2D eigenvalue weighted by Crippen LogP contribution is -2.47. The van der Waals surface area contributed by atoms with Crippen molar-refractivity contribution in [2.24, 2.45) is 5.10 Å². The number of hydrazone groups is 1. The Balaban J connectivity index is 1.87. The SMILES string of the molecule is COc1ccc(C2=NN(C(C)=O)C3(CCCCCCC3)O2)cc1. The Kier molecular flexibility index (Phi) is 4.55. The second-order valence-corrected chi connectivity index (χ2v) is 6.28. The first kappa shape index (κ1) is 15.8. The minimum Gasteiger partial charge on any atom is -0.497 e. The fourth-order valence-electron chi connectivity index (χ4n) is 3.40. The van der Waals surface area contributed by atoms with Gasteiger partial charge in [0, 0.05) is 25.3 Å². The van der Waals surface area contributed by atoms with E-state index in [-0.39, 0.29) is 5.91 Å². The van der Waals surface area contributed by atoms with Gasteiger partial charge in [-0.3, -0.25) is 4.79 Å². The number of hydrogen-bond acceptors (Lipinski definition) is 4. The molecule has 3 rings (SSSR count). The van der Waals surface area contributed by atoms with Gasteiger partial charge in [-0.25, -0.2) is 0 Å². The molecule has 0 unspecified atom stereocenters. The molecule has 1 fully saturated rings. The molecule has 1 saturated carbocycles. The zero-order chi connectivity index (χ0) is 16.3. The lowest BCUT2D eigenvalue weighted by molar-refractivity contribution is -0.150. The van der Waals surface area contributed by atoms with Crippen molar-refractivity contribution in [3.05, 3.63) is 29.8 Å². The molecular weight excluding hydrogens is 292 g/mol. The van der Waals surface area contributed by atoms with Crippen LogP contribution >= 0.6 is 0 Å². The number of benzene rings is 1. The average molecular weight is 316 g/mol. The van der Waals surface area contributed by atoms with Gasteiger partial charge < -0.3 is 9.47 Å². The largest absolute Gasteiger partial charge is 0.497 e. The van der Waals surface area contributed by atoms with Crippen LogP contribution in [0.25, 0.3) is 0 Å². The van der Waals surface area contributed by atoms with Crippen LogP contribution in [0.15, 0.2) is 29.4 Å². The lowest BCUT2D eigenvalue weighted by Gasteiger charge is -2.35.